The van der Waals surface area contributed by atoms with E-state index in [1.165, 1.54) is 24.4 Å². The largest absolute Gasteiger partial charge is 0.436 e. The van der Waals surface area contributed by atoms with Crippen molar-refractivity contribution in [2.45, 2.75) is 32.2 Å². The first kappa shape index (κ1) is 26.1. The molecule has 0 saturated carbocycles. The van der Waals surface area contributed by atoms with Gasteiger partial charge in [-0.05, 0) is 37.3 Å². The number of fused-ring (bicyclic) bond motifs is 2. The lowest BCUT2D eigenvalue weighted by atomic mass is 10.2. The van der Waals surface area contributed by atoms with Crippen molar-refractivity contribution in [1.82, 2.24) is 24.8 Å². The molecule has 38 heavy (non-hydrogen) atoms. The smallest absolute Gasteiger partial charge is 0.401 e. The predicted molar refractivity (Wildman–Crippen MR) is 132 cm³/mol. The lowest BCUT2D eigenvalue weighted by Gasteiger charge is -2.47. The Bertz CT molecular complexity index is 1440. The summed E-state index contributed by atoms with van der Waals surface area (Å²) in [6.07, 6.45) is -3.95. The zero-order valence-corrected chi connectivity index (χ0v) is 21.1. The molecule has 8 nitrogen and oxygen atoms in total. The molecule has 0 bridgehead atoms. The summed E-state index contributed by atoms with van der Waals surface area (Å²) < 4.78 is 73.0. The Labute approximate surface area is 216 Å². The summed E-state index contributed by atoms with van der Waals surface area (Å²) in [6.45, 7) is 2.43. The number of nitrogens with one attached hydrogen (secondary N) is 1. The molecular formula is C26H27F4N5O3. The minimum Gasteiger partial charge on any atom is -0.436 e. The van der Waals surface area contributed by atoms with Gasteiger partial charge in [0, 0.05) is 50.3 Å². The molecule has 3 heterocycles. The fourth-order valence-corrected chi connectivity index (χ4v) is 4.75. The van der Waals surface area contributed by atoms with Gasteiger partial charge in [-0.2, -0.15) is 13.2 Å². The molecular weight excluding hydrogens is 506 g/mol. The molecule has 12 heteroatoms. The van der Waals surface area contributed by atoms with E-state index in [9.17, 15) is 13.2 Å². The summed E-state index contributed by atoms with van der Waals surface area (Å²) in [6, 6.07) is 12.0. The van der Waals surface area contributed by atoms with Crippen molar-refractivity contribution in [1.29, 1.82) is 0 Å². The highest BCUT2D eigenvalue weighted by Crippen LogP contribution is 2.34. The maximum absolute atomic E-state index is 15.6. The van der Waals surface area contributed by atoms with Gasteiger partial charge in [-0.25, -0.2) is 19.3 Å². The number of hydrogen-bond donors (Lipinski definition) is 1. The number of halogens is 4. The molecule has 4 aromatic rings. The van der Waals surface area contributed by atoms with E-state index in [1.54, 1.807) is 42.2 Å². The SMILES string of the molecule is COC1CN(C(C)(Oc2ccc3[nH]c(C)cc3c2F)Oc2ncnc3ccccc23)CCN1CC(F)(F)F. The number of rotatable bonds is 7. The molecule has 2 aromatic heterocycles. The highest BCUT2D eigenvalue weighted by atomic mass is 19.4. The number of ether oxygens (including phenoxy) is 3. The van der Waals surface area contributed by atoms with Crippen molar-refractivity contribution >= 4 is 21.8 Å². The minimum absolute atomic E-state index is 0.000771. The Balaban J connectivity index is 1.52. The molecule has 202 valence electrons. The first-order valence-corrected chi connectivity index (χ1v) is 12.0. The van der Waals surface area contributed by atoms with Crippen LogP contribution in [0.25, 0.3) is 21.8 Å². The number of benzene rings is 2. The van der Waals surface area contributed by atoms with Gasteiger partial charge in [0.15, 0.2) is 11.6 Å². The van der Waals surface area contributed by atoms with Crippen LogP contribution in [0.2, 0.25) is 0 Å². The summed E-state index contributed by atoms with van der Waals surface area (Å²) >= 11 is 0. The van der Waals surface area contributed by atoms with Gasteiger partial charge in [-0.15, -0.1) is 0 Å². The van der Waals surface area contributed by atoms with Crippen molar-refractivity contribution in [2.75, 3.05) is 33.3 Å². The second-order valence-electron chi connectivity index (χ2n) is 9.31. The second-order valence-corrected chi connectivity index (χ2v) is 9.31. The van der Waals surface area contributed by atoms with Gasteiger partial charge in [-0.3, -0.25) is 4.90 Å². The highest BCUT2D eigenvalue weighted by Gasteiger charge is 2.45. The van der Waals surface area contributed by atoms with E-state index in [1.807, 2.05) is 13.0 Å². The molecule has 2 atom stereocenters. The molecule has 1 saturated heterocycles. The van der Waals surface area contributed by atoms with Crippen LogP contribution in [-0.4, -0.2) is 76.4 Å². The van der Waals surface area contributed by atoms with Crippen molar-refractivity contribution in [3.8, 4) is 11.6 Å². The minimum atomic E-state index is -4.39. The van der Waals surface area contributed by atoms with Crippen molar-refractivity contribution < 1.29 is 31.8 Å². The fourth-order valence-electron chi connectivity index (χ4n) is 4.75. The number of aryl methyl sites for hydroxylation is 1. The molecule has 2 unspecified atom stereocenters. The number of para-hydroxylation sites is 1. The van der Waals surface area contributed by atoms with Gasteiger partial charge in [0.05, 0.1) is 17.4 Å². The van der Waals surface area contributed by atoms with Crippen LogP contribution in [0.15, 0.2) is 48.8 Å². The van der Waals surface area contributed by atoms with Crippen LogP contribution in [0.3, 0.4) is 0 Å². The van der Waals surface area contributed by atoms with E-state index in [2.05, 4.69) is 15.0 Å². The number of aromatic nitrogens is 3. The van der Waals surface area contributed by atoms with E-state index in [0.717, 1.165) is 5.69 Å². The normalized spacial score (nSPS) is 19.1. The van der Waals surface area contributed by atoms with Gasteiger partial charge in [0.25, 0.3) is 0 Å². The number of alkyl halides is 3. The number of piperazine rings is 1. The zero-order chi connectivity index (χ0) is 27.1. The summed E-state index contributed by atoms with van der Waals surface area (Å²) in [7, 11) is 1.34. The number of H-pyrrole nitrogens is 1. The van der Waals surface area contributed by atoms with Crippen LogP contribution < -0.4 is 9.47 Å². The lowest BCUT2D eigenvalue weighted by molar-refractivity contribution is -0.250. The van der Waals surface area contributed by atoms with E-state index < -0.39 is 30.7 Å². The lowest BCUT2D eigenvalue weighted by Crippen LogP contribution is -2.65. The van der Waals surface area contributed by atoms with Crippen LogP contribution in [0.4, 0.5) is 17.6 Å². The monoisotopic (exact) mass is 533 g/mol. The molecule has 1 aliphatic heterocycles. The van der Waals surface area contributed by atoms with E-state index in [4.69, 9.17) is 14.2 Å². The Kier molecular flexibility index (Phi) is 6.88. The second kappa shape index (κ2) is 10.0. The van der Waals surface area contributed by atoms with Gasteiger partial charge >= 0.3 is 12.1 Å². The van der Waals surface area contributed by atoms with Crippen LogP contribution in [0, 0.1) is 12.7 Å². The Morgan fingerprint density at radius 2 is 1.84 bits per heavy atom. The van der Waals surface area contributed by atoms with E-state index in [0.29, 0.717) is 21.8 Å². The van der Waals surface area contributed by atoms with Crippen LogP contribution in [0.5, 0.6) is 11.6 Å². The summed E-state index contributed by atoms with van der Waals surface area (Å²) in [5, 5.41) is 0.945. The molecule has 1 fully saturated rings. The van der Waals surface area contributed by atoms with Crippen molar-refractivity contribution in [2.24, 2.45) is 0 Å². The molecule has 0 spiro atoms. The van der Waals surface area contributed by atoms with Gasteiger partial charge in [-0.1, -0.05) is 12.1 Å². The van der Waals surface area contributed by atoms with Crippen molar-refractivity contribution in [3.05, 3.63) is 60.3 Å². The van der Waals surface area contributed by atoms with E-state index >= 15 is 4.39 Å². The summed E-state index contributed by atoms with van der Waals surface area (Å²) in [5.41, 5.74) is 2.02. The van der Waals surface area contributed by atoms with Crippen molar-refractivity contribution in [3.63, 3.8) is 0 Å². The average molecular weight is 534 g/mol. The number of methoxy groups -OCH3 is 1. The Hall–Kier alpha value is -3.48. The predicted octanol–water partition coefficient (Wildman–Crippen LogP) is 4.84. The topological polar surface area (TPSA) is 75.7 Å². The third-order valence-corrected chi connectivity index (χ3v) is 6.60. The number of hydrogen-bond acceptors (Lipinski definition) is 7. The molecule has 1 N–H and O–H groups in total. The van der Waals surface area contributed by atoms with Gasteiger partial charge in [0.2, 0.25) is 5.88 Å². The van der Waals surface area contributed by atoms with Crippen LogP contribution >= 0.6 is 0 Å². The van der Waals surface area contributed by atoms with Crippen LogP contribution in [0.1, 0.15) is 12.6 Å². The molecule has 0 radical (unpaired) electrons. The summed E-state index contributed by atoms with van der Waals surface area (Å²) in [4.78, 5) is 14.5. The molecule has 5 rings (SSSR count). The third kappa shape index (κ3) is 5.24. The quantitative estimate of drug-likeness (QED) is 0.269. The fraction of sp³-hybridized carbons (Fsp3) is 0.385. The first-order chi connectivity index (χ1) is 18.1. The molecule has 2 aromatic carbocycles. The maximum atomic E-state index is 15.6. The maximum Gasteiger partial charge on any atom is 0.401 e. The Morgan fingerprint density at radius 3 is 2.61 bits per heavy atom. The van der Waals surface area contributed by atoms with Gasteiger partial charge < -0.3 is 19.2 Å². The standard InChI is InChI=1S/C26H27F4N5O3/c1-16-12-18-20(33-16)8-9-21(23(18)27)37-25(2,38-24-17-6-4-5-7-19(17)31-15-32-24)35-11-10-34(14-26(28,29)30)22(13-35)36-3/h4-9,12,15,22,33H,10-11,13-14H2,1-3H3. The van der Waals surface area contributed by atoms with Crippen LogP contribution in [-0.2, 0) is 4.74 Å². The number of nitrogens with zero attached hydrogens (tertiary/aromatic N) is 4. The van der Waals surface area contributed by atoms with Gasteiger partial charge in [0.1, 0.15) is 12.6 Å². The summed E-state index contributed by atoms with van der Waals surface area (Å²) in [5.74, 6) is -2.15. The first-order valence-electron chi connectivity index (χ1n) is 12.0. The third-order valence-electron chi connectivity index (χ3n) is 6.60. The molecule has 1 aliphatic rings. The molecule has 0 aliphatic carbocycles. The zero-order valence-electron chi connectivity index (χ0n) is 21.1. The highest BCUT2D eigenvalue weighted by molar-refractivity contribution is 5.83. The Morgan fingerprint density at radius 1 is 1.05 bits per heavy atom. The van der Waals surface area contributed by atoms with E-state index in [-0.39, 0.29) is 31.3 Å². The molecule has 0 amide bonds. The average Bonchev–Trinajstić information content (AvgIpc) is 3.26. The number of aromatic amines is 1.